The van der Waals surface area contributed by atoms with Gasteiger partial charge in [0, 0.05) is 24.1 Å². The molecule has 9 N–H and O–H groups in total. The van der Waals surface area contributed by atoms with Gasteiger partial charge in [0.25, 0.3) is 0 Å². The highest BCUT2D eigenvalue weighted by Crippen LogP contribution is 2.05. The van der Waals surface area contributed by atoms with Crippen molar-refractivity contribution in [2.75, 3.05) is 17.8 Å². The van der Waals surface area contributed by atoms with Gasteiger partial charge in [-0.2, -0.15) is 24.4 Å². The van der Waals surface area contributed by atoms with Crippen molar-refractivity contribution in [2.24, 2.45) is 11.5 Å². The number of imidazole rings is 1. The maximum absolute atomic E-state index is 12.8. The van der Waals surface area contributed by atoms with Crippen molar-refractivity contribution >= 4 is 54.0 Å². The van der Waals surface area contributed by atoms with Crippen LogP contribution in [0.25, 0.3) is 0 Å². The van der Waals surface area contributed by atoms with E-state index in [4.69, 9.17) is 11.5 Å². The Morgan fingerprint density at radius 3 is 2.24 bits per heavy atom. The molecule has 0 bridgehead atoms. The van der Waals surface area contributed by atoms with Gasteiger partial charge in [-0.25, -0.2) is 9.78 Å². The summed E-state index contributed by atoms with van der Waals surface area (Å²) in [4.78, 5) is 67.2. The number of nitrogens with one attached hydrogen (secondary N) is 4. The van der Waals surface area contributed by atoms with E-state index in [1.165, 1.54) is 24.3 Å². The van der Waals surface area contributed by atoms with Crippen LogP contribution in [0, 0.1) is 0 Å². The van der Waals surface area contributed by atoms with E-state index in [1.54, 1.807) is 0 Å². The molecule has 1 heterocycles. The first-order chi connectivity index (χ1) is 15.6. The molecule has 0 fully saturated rings. The van der Waals surface area contributed by atoms with Crippen molar-refractivity contribution in [2.45, 2.75) is 43.4 Å². The molecule has 0 radical (unpaired) electrons. The Bertz CT molecular complexity index is 823. The Hall–Kier alpha value is -2.78. The minimum atomic E-state index is -1.45. The molecule has 184 valence electrons. The third kappa shape index (κ3) is 10.1. The number of nitrogens with zero attached hydrogens (tertiary/aromatic N) is 1. The van der Waals surface area contributed by atoms with Gasteiger partial charge in [0.1, 0.15) is 18.1 Å². The molecular weight excluding hydrogens is 474 g/mol. The van der Waals surface area contributed by atoms with Crippen molar-refractivity contribution in [3.05, 3.63) is 18.2 Å². The van der Waals surface area contributed by atoms with E-state index in [2.05, 4.69) is 38.5 Å². The van der Waals surface area contributed by atoms with Crippen molar-refractivity contribution in [3.63, 3.8) is 0 Å². The van der Waals surface area contributed by atoms with Crippen molar-refractivity contribution in [1.29, 1.82) is 0 Å². The highest BCUT2D eigenvalue weighted by atomic mass is 32.2. The number of thiol groups is 1. The summed E-state index contributed by atoms with van der Waals surface area (Å²) >= 11 is 5.38. The first-order valence-electron chi connectivity index (χ1n) is 9.83. The number of primary amides is 1. The highest BCUT2D eigenvalue weighted by molar-refractivity contribution is 7.98. The van der Waals surface area contributed by atoms with E-state index in [0.29, 0.717) is 11.4 Å². The van der Waals surface area contributed by atoms with Crippen LogP contribution in [-0.2, 0) is 30.4 Å². The lowest BCUT2D eigenvalue weighted by molar-refractivity contribution is -0.142. The van der Waals surface area contributed by atoms with Crippen LogP contribution in [0.3, 0.4) is 0 Å². The second kappa shape index (κ2) is 14.4. The van der Waals surface area contributed by atoms with Gasteiger partial charge in [-0.05, 0) is 18.4 Å². The summed E-state index contributed by atoms with van der Waals surface area (Å²) in [5.41, 5.74) is 11.3. The lowest BCUT2D eigenvalue weighted by Gasteiger charge is -2.24. The number of hydrogen-bond acceptors (Lipinski definition) is 9. The van der Waals surface area contributed by atoms with E-state index < -0.39 is 60.2 Å². The molecular formula is C18H29N7O6S2. The first-order valence-corrected chi connectivity index (χ1v) is 11.9. The monoisotopic (exact) mass is 503 g/mol. The van der Waals surface area contributed by atoms with Gasteiger partial charge in [0.15, 0.2) is 0 Å². The Morgan fingerprint density at radius 1 is 1.12 bits per heavy atom. The number of hydrogen-bond donors (Lipinski definition) is 8. The van der Waals surface area contributed by atoms with Crippen LogP contribution in [0.15, 0.2) is 12.5 Å². The van der Waals surface area contributed by atoms with Crippen LogP contribution >= 0.6 is 24.4 Å². The van der Waals surface area contributed by atoms with Gasteiger partial charge in [-0.15, -0.1) is 0 Å². The van der Waals surface area contributed by atoms with Crippen LogP contribution in [0.5, 0.6) is 0 Å². The fourth-order valence-electron chi connectivity index (χ4n) is 2.64. The van der Waals surface area contributed by atoms with Crippen LogP contribution in [0.1, 0.15) is 18.5 Å². The minimum Gasteiger partial charge on any atom is -0.480 e. The number of thioether (sulfide) groups is 1. The number of carbonyl (C=O) groups is 5. The second-order valence-electron chi connectivity index (χ2n) is 7.04. The van der Waals surface area contributed by atoms with Gasteiger partial charge < -0.3 is 37.5 Å². The summed E-state index contributed by atoms with van der Waals surface area (Å²) in [7, 11) is 0. The Morgan fingerprint density at radius 2 is 1.73 bits per heavy atom. The van der Waals surface area contributed by atoms with Crippen LogP contribution in [0.2, 0.25) is 0 Å². The van der Waals surface area contributed by atoms with Crippen LogP contribution < -0.4 is 27.4 Å². The number of aliphatic carboxylic acids is 1. The van der Waals surface area contributed by atoms with Gasteiger partial charge >= 0.3 is 5.97 Å². The number of carboxylic acids is 1. The zero-order valence-corrected chi connectivity index (χ0v) is 19.7. The molecule has 33 heavy (non-hydrogen) atoms. The number of carboxylic acid groups (broad SMARTS) is 1. The van der Waals surface area contributed by atoms with E-state index in [0.717, 1.165) is 0 Å². The smallest absolute Gasteiger partial charge is 0.326 e. The summed E-state index contributed by atoms with van der Waals surface area (Å²) in [6, 6.07) is -4.79. The number of aromatic amines is 1. The average Bonchev–Trinajstić information content (AvgIpc) is 3.27. The van der Waals surface area contributed by atoms with Gasteiger partial charge in [-0.1, -0.05) is 0 Å². The van der Waals surface area contributed by atoms with Crippen LogP contribution in [-0.4, -0.2) is 86.6 Å². The van der Waals surface area contributed by atoms with E-state index in [-0.39, 0.29) is 18.6 Å². The van der Waals surface area contributed by atoms with Gasteiger partial charge in [0.05, 0.1) is 18.8 Å². The molecule has 0 aliphatic heterocycles. The quantitative estimate of drug-likeness (QED) is 0.117. The fraction of sp³-hybridized carbons (Fsp3) is 0.556. The Labute approximate surface area is 200 Å². The number of amides is 4. The van der Waals surface area contributed by atoms with Crippen molar-refractivity contribution in [1.82, 2.24) is 25.9 Å². The zero-order valence-electron chi connectivity index (χ0n) is 17.9. The van der Waals surface area contributed by atoms with Crippen LogP contribution in [0.4, 0.5) is 0 Å². The summed E-state index contributed by atoms with van der Waals surface area (Å²) in [5.74, 6) is -3.92. The summed E-state index contributed by atoms with van der Waals surface area (Å²) in [6.45, 7) is 0. The zero-order chi connectivity index (χ0) is 25.0. The number of rotatable bonds is 15. The van der Waals surface area contributed by atoms with Gasteiger partial charge in [0.2, 0.25) is 23.6 Å². The molecule has 1 aromatic heterocycles. The third-order valence-electron chi connectivity index (χ3n) is 4.41. The number of nitrogens with two attached hydrogens (primary N) is 2. The first kappa shape index (κ1) is 28.3. The lowest BCUT2D eigenvalue weighted by atomic mass is 10.1. The summed E-state index contributed by atoms with van der Waals surface area (Å²) in [5, 5.41) is 16.6. The standard InChI is InChI=1S/C18H29N7O6S2/c1-33-3-2-11(23-15(27)10(19)7-32)16(28)24-12(5-14(20)26)17(29)25-13(18(30)31)4-9-6-21-8-22-9/h6,8,10-13,32H,2-5,7,19H2,1H3,(H2,20,26)(H,21,22)(H,23,27)(H,24,28)(H,25,29)(H,30,31). The molecule has 4 unspecified atom stereocenters. The molecule has 0 aliphatic carbocycles. The second-order valence-corrected chi connectivity index (χ2v) is 8.39. The molecule has 4 atom stereocenters. The Balaban J connectivity index is 2.95. The molecule has 0 aromatic carbocycles. The third-order valence-corrected chi connectivity index (χ3v) is 5.45. The normalized spacial score (nSPS) is 14.4. The molecule has 1 rings (SSSR count). The summed E-state index contributed by atoms with van der Waals surface area (Å²) < 4.78 is 0. The molecule has 0 aliphatic rings. The molecule has 1 aromatic rings. The Kier molecular flexibility index (Phi) is 12.3. The number of aromatic nitrogens is 2. The highest BCUT2D eigenvalue weighted by Gasteiger charge is 2.31. The minimum absolute atomic E-state index is 0.0579. The predicted octanol–water partition coefficient (Wildman–Crippen LogP) is -2.62. The lowest BCUT2D eigenvalue weighted by Crippen LogP contribution is -2.58. The van der Waals surface area contributed by atoms with E-state index in [9.17, 15) is 29.1 Å². The number of H-pyrrole nitrogens is 1. The van der Waals surface area contributed by atoms with Gasteiger partial charge in [-0.3, -0.25) is 19.2 Å². The average molecular weight is 504 g/mol. The predicted molar refractivity (Wildman–Crippen MR) is 124 cm³/mol. The SMILES string of the molecule is CSCCC(NC(=O)C(N)CS)C(=O)NC(CC(N)=O)C(=O)NC(Cc1cnc[nH]1)C(=O)O. The largest absolute Gasteiger partial charge is 0.480 e. The molecule has 0 saturated carbocycles. The fourth-order valence-corrected chi connectivity index (χ4v) is 3.27. The molecule has 0 saturated heterocycles. The van der Waals surface area contributed by atoms with Crippen molar-refractivity contribution in [3.8, 4) is 0 Å². The number of carbonyl (C=O) groups excluding carboxylic acids is 4. The molecule has 4 amide bonds. The summed E-state index contributed by atoms with van der Waals surface area (Å²) in [6.07, 6.45) is 4.11. The van der Waals surface area contributed by atoms with E-state index >= 15 is 0 Å². The molecule has 13 nitrogen and oxygen atoms in total. The molecule has 15 heteroatoms. The topological polar surface area (TPSA) is 222 Å². The maximum atomic E-state index is 12.8. The van der Waals surface area contributed by atoms with E-state index in [1.807, 2.05) is 6.26 Å². The maximum Gasteiger partial charge on any atom is 0.326 e. The van der Waals surface area contributed by atoms with Crippen molar-refractivity contribution < 1.29 is 29.1 Å². The molecule has 0 spiro atoms.